The molecule has 26 heavy (non-hydrogen) atoms. The third-order valence-corrected chi connectivity index (χ3v) is 4.79. The van der Waals surface area contributed by atoms with Crippen molar-refractivity contribution in [2.45, 2.75) is 31.3 Å². The first-order valence-electron chi connectivity index (χ1n) is 9.01. The number of rotatable bonds is 6. The van der Waals surface area contributed by atoms with Gasteiger partial charge in [-0.25, -0.2) is 4.68 Å². The minimum Gasteiger partial charge on any atom is -0.467 e. The average molecular weight is 358 g/mol. The number of hydrogen-bond acceptors (Lipinski definition) is 6. The van der Waals surface area contributed by atoms with Crippen LogP contribution in [0.5, 0.6) is 5.75 Å². The Morgan fingerprint density at radius 3 is 3.04 bits per heavy atom. The molecule has 8 heteroatoms. The highest BCUT2D eigenvalue weighted by atomic mass is 17.2. The van der Waals surface area contributed by atoms with Crippen LogP contribution in [-0.4, -0.2) is 44.4 Å². The van der Waals surface area contributed by atoms with Crippen molar-refractivity contribution in [2.24, 2.45) is 0 Å². The van der Waals surface area contributed by atoms with Gasteiger partial charge in [-0.05, 0) is 36.5 Å². The van der Waals surface area contributed by atoms with Crippen molar-refractivity contribution in [2.75, 3.05) is 27.1 Å². The van der Waals surface area contributed by atoms with E-state index in [2.05, 4.69) is 17.2 Å². The van der Waals surface area contributed by atoms with Gasteiger partial charge in [-0.15, -0.1) is 0 Å². The highest BCUT2D eigenvalue weighted by molar-refractivity contribution is 6.30. The first kappa shape index (κ1) is 17.5. The highest BCUT2D eigenvalue weighted by Crippen LogP contribution is 2.34. The van der Waals surface area contributed by atoms with E-state index in [0.717, 1.165) is 41.9 Å². The van der Waals surface area contributed by atoms with Crippen molar-refractivity contribution in [1.82, 2.24) is 9.78 Å². The lowest BCUT2D eigenvalue weighted by molar-refractivity contribution is -0.183. The van der Waals surface area contributed by atoms with Gasteiger partial charge in [0.15, 0.2) is 6.79 Å². The normalized spacial score (nSPS) is 23.0. The maximum atomic E-state index is 5.81. The van der Waals surface area contributed by atoms with E-state index >= 15 is 0 Å². The zero-order chi connectivity index (χ0) is 17.8. The summed E-state index contributed by atoms with van der Waals surface area (Å²) in [5.74, 6) is 0.944. The summed E-state index contributed by atoms with van der Waals surface area (Å²) in [5.41, 5.74) is 3.14. The standard InChI is InChI=1S/C18H23BN2O5/c1-22-12-24-17-8-13(5-6-15(17)16-11-25-26-19-16)14-9-20-21(10-14)18-4-2-3-7-23-18/h5-6,8-10,16,18-19H,2-4,7,11-12H2,1H3. The molecule has 4 rings (SSSR count). The van der Waals surface area contributed by atoms with Crippen LogP contribution in [-0.2, 0) is 19.2 Å². The summed E-state index contributed by atoms with van der Waals surface area (Å²) in [6.07, 6.45) is 7.25. The zero-order valence-corrected chi connectivity index (χ0v) is 14.9. The Balaban J connectivity index is 1.58. The lowest BCUT2D eigenvalue weighted by Gasteiger charge is -2.22. The number of methoxy groups -OCH3 is 1. The fraction of sp³-hybridized carbons (Fsp3) is 0.500. The molecule has 2 aromatic rings. The Kier molecular flexibility index (Phi) is 5.55. The molecule has 2 saturated heterocycles. The molecule has 2 atom stereocenters. The summed E-state index contributed by atoms with van der Waals surface area (Å²) in [6.45, 7) is 1.52. The lowest BCUT2D eigenvalue weighted by Crippen LogP contribution is -2.18. The first-order valence-corrected chi connectivity index (χ1v) is 9.01. The summed E-state index contributed by atoms with van der Waals surface area (Å²) >= 11 is 0. The second kappa shape index (κ2) is 8.22. The molecule has 1 aromatic carbocycles. The second-order valence-electron chi connectivity index (χ2n) is 6.60. The van der Waals surface area contributed by atoms with E-state index in [9.17, 15) is 0 Å². The average Bonchev–Trinajstić information content (AvgIpc) is 3.39. The van der Waals surface area contributed by atoms with E-state index in [0.29, 0.717) is 14.1 Å². The fourth-order valence-corrected chi connectivity index (χ4v) is 3.36. The molecule has 1 aromatic heterocycles. The van der Waals surface area contributed by atoms with Crippen molar-refractivity contribution < 1.29 is 23.9 Å². The Morgan fingerprint density at radius 1 is 1.31 bits per heavy atom. The molecule has 0 amide bonds. The molecule has 2 aliphatic rings. The van der Waals surface area contributed by atoms with Crippen molar-refractivity contribution in [3.05, 3.63) is 36.2 Å². The van der Waals surface area contributed by atoms with Gasteiger partial charge in [0.05, 0.1) is 12.8 Å². The number of benzene rings is 1. The van der Waals surface area contributed by atoms with Crippen molar-refractivity contribution >= 4 is 7.48 Å². The van der Waals surface area contributed by atoms with Gasteiger partial charge in [-0.1, -0.05) is 12.1 Å². The summed E-state index contributed by atoms with van der Waals surface area (Å²) in [7, 11) is 2.14. The van der Waals surface area contributed by atoms with Crippen LogP contribution in [0.15, 0.2) is 30.6 Å². The molecular weight excluding hydrogens is 335 g/mol. The molecule has 0 N–H and O–H groups in total. The number of nitrogens with zero attached hydrogens (tertiary/aromatic N) is 2. The Bertz CT molecular complexity index is 726. The largest absolute Gasteiger partial charge is 0.467 e. The third-order valence-electron chi connectivity index (χ3n) is 4.79. The van der Waals surface area contributed by atoms with Crippen LogP contribution in [0.2, 0.25) is 0 Å². The fourth-order valence-electron chi connectivity index (χ4n) is 3.36. The third kappa shape index (κ3) is 3.78. The van der Waals surface area contributed by atoms with E-state index in [1.54, 1.807) is 7.11 Å². The van der Waals surface area contributed by atoms with Crippen LogP contribution < -0.4 is 4.74 Å². The van der Waals surface area contributed by atoms with Crippen LogP contribution >= 0.6 is 0 Å². The van der Waals surface area contributed by atoms with E-state index in [1.807, 2.05) is 23.1 Å². The van der Waals surface area contributed by atoms with Crippen molar-refractivity contribution in [1.29, 1.82) is 0 Å². The Labute approximate surface area is 153 Å². The van der Waals surface area contributed by atoms with E-state index in [1.165, 1.54) is 6.42 Å². The monoisotopic (exact) mass is 358 g/mol. The molecule has 2 fully saturated rings. The summed E-state index contributed by atoms with van der Waals surface area (Å²) in [4.78, 5) is 10.1. The van der Waals surface area contributed by atoms with Gasteiger partial charge >= 0.3 is 7.48 Å². The van der Waals surface area contributed by atoms with E-state index in [-0.39, 0.29) is 18.8 Å². The van der Waals surface area contributed by atoms with Crippen molar-refractivity contribution in [3.63, 3.8) is 0 Å². The quantitative estimate of drug-likeness (QED) is 0.449. The molecule has 0 aliphatic carbocycles. The Morgan fingerprint density at radius 2 is 2.27 bits per heavy atom. The van der Waals surface area contributed by atoms with Crippen LogP contribution in [0.25, 0.3) is 11.1 Å². The molecule has 2 aliphatic heterocycles. The topological polar surface area (TPSA) is 64.0 Å². The lowest BCUT2D eigenvalue weighted by atomic mass is 9.76. The molecule has 3 heterocycles. The van der Waals surface area contributed by atoms with Gasteiger partial charge in [-0.2, -0.15) is 5.10 Å². The van der Waals surface area contributed by atoms with Crippen LogP contribution in [0.4, 0.5) is 0 Å². The first-order chi connectivity index (χ1) is 12.8. The van der Waals surface area contributed by atoms with Crippen LogP contribution in [0.1, 0.15) is 36.9 Å². The second-order valence-corrected chi connectivity index (χ2v) is 6.60. The predicted octanol–water partition coefficient (Wildman–Crippen LogP) is 2.59. The van der Waals surface area contributed by atoms with Gasteiger partial charge in [0, 0.05) is 31.3 Å². The predicted molar refractivity (Wildman–Crippen MR) is 95.9 cm³/mol. The van der Waals surface area contributed by atoms with Crippen LogP contribution in [0, 0.1) is 0 Å². The van der Waals surface area contributed by atoms with Gasteiger partial charge in [0.1, 0.15) is 12.0 Å². The zero-order valence-electron chi connectivity index (χ0n) is 14.9. The summed E-state index contributed by atoms with van der Waals surface area (Å²) < 4.78 is 18.6. The molecule has 0 saturated carbocycles. The van der Waals surface area contributed by atoms with Crippen molar-refractivity contribution in [3.8, 4) is 16.9 Å². The van der Waals surface area contributed by atoms with Gasteiger partial charge in [0.25, 0.3) is 0 Å². The van der Waals surface area contributed by atoms with Crippen LogP contribution in [0.3, 0.4) is 0 Å². The minimum absolute atomic E-state index is 0.0359. The number of ether oxygens (including phenoxy) is 3. The maximum Gasteiger partial charge on any atom is 0.333 e. The van der Waals surface area contributed by atoms with E-state index in [4.69, 9.17) is 23.9 Å². The highest BCUT2D eigenvalue weighted by Gasteiger charge is 2.25. The molecule has 138 valence electrons. The van der Waals surface area contributed by atoms with Gasteiger partial charge in [-0.3, -0.25) is 4.89 Å². The molecule has 0 bridgehead atoms. The summed E-state index contributed by atoms with van der Waals surface area (Å²) in [6, 6.07) is 6.17. The minimum atomic E-state index is 0.0359. The molecular formula is C18H23BN2O5. The molecule has 0 spiro atoms. The number of aromatic nitrogens is 2. The SMILES string of the molecule is COCOc1cc(-c2cnn(C3CCCCO3)c2)ccc1C1BOOC1. The summed E-state index contributed by atoms with van der Waals surface area (Å²) in [5, 5.41) is 4.49. The Hall–Kier alpha value is -1.87. The molecule has 0 radical (unpaired) electrons. The van der Waals surface area contributed by atoms with Gasteiger partial charge < -0.3 is 19.0 Å². The maximum absolute atomic E-state index is 5.81. The molecule has 7 nitrogen and oxygen atoms in total. The molecule has 2 unspecified atom stereocenters. The van der Waals surface area contributed by atoms with E-state index < -0.39 is 0 Å². The van der Waals surface area contributed by atoms with Gasteiger partial charge in [0.2, 0.25) is 0 Å². The smallest absolute Gasteiger partial charge is 0.333 e. The number of hydrogen-bond donors (Lipinski definition) is 0.